The molecule has 0 amide bonds. The molecule has 0 fully saturated rings. The molecule has 2 aromatic carbocycles. The van der Waals surface area contributed by atoms with Crippen LogP contribution in [0.15, 0.2) is 53.4 Å². The molecule has 0 radical (unpaired) electrons. The largest absolute Gasteiger partial charge is 0.491 e. The van der Waals surface area contributed by atoms with E-state index >= 15 is 0 Å². The highest BCUT2D eigenvalue weighted by atomic mass is 32.2. The van der Waals surface area contributed by atoms with E-state index in [0.717, 1.165) is 16.2 Å². The number of benzene rings is 2. The van der Waals surface area contributed by atoms with E-state index in [2.05, 4.69) is 0 Å². The zero-order valence-electron chi connectivity index (χ0n) is 14.6. The van der Waals surface area contributed by atoms with E-state index in [1.807, 2.05) is 62.4 Å². The molecule has 0 aliphatic rings. The number of ether oxygens (including phenoxy) is 2. The van der Waals surface area contributed by atoms with Gasteiger partial charge in [-0.3, -0.25) is 4.79 Å². The minimum atomic E-state index is -0.815. The predicted molar refractivity (Wildman–Crippen MR) is 101 cm³/mol. The van der Waals surface area contributed by atoms with E-state index < -0.39 is 11.2 Å². The molecule has 4 nitrogen and oxygen atoms in total. The van der Waals surface area contributed by atoms with E-state index in [4.69, 9.17) is 9.47 Å². The van der Waals surface area contributed by atoms with Gasteiger partial charge in [-0.2, -0.15) is 0 Å². The standard InChI is InChI=1S/C20H24O4S/c1-15-3-7-17(8-4-15)24-14-13-23-12-11-19(20(21)22)25-18-9-5-16(2)6-10-18/h3-10,19H,11-14H2,1-2H3,(H,21,22). The van der Waals surface area contributed by atoms with Gasteiger partial charge in [0.1, 0.15) is 17.6 Å². The van der Waals surface area contributed by atoms with Crippen LogP contribution in [-0.2, 0) is 9.53 Å². The second kappa shape index (κ2) is 10.1. The number of carbonyl (C=O) groups is 1. The van der Waals surface area contributed by atoms with Gasteiger partial charge in [0.05, 0.1) is 6.61 Å². The molecule has 0 aliphatic heterocycles. The highest BCUT2D eigenvalue weighted by Gasteiger charge is 2.18. The average Bonchev–Trinajstić information content (AvgIpc) is 2.60. The molecule has 0 aromatic heterocycles. The average molecular weight is 360 g/mol. The van der Waals surface area contributed by atoms with Crippen LogP contribution in [0.4, 0.5) is 0 Å². The first-order valence-corrected chi connectivity index (χ1v) is 9.16. The molecule has 0 heterocycles. The first kappa shape index (κ1) is 19.3. The minimum Gasteiger partial charge on any atom is -0.491 e. The van der Waals surface area contributed by atoms with E-state index in [9.17, 15) is 9.90 Å². The number of thioether (sulfide) groups is 1. The molecule has 2 rings (SSSR count). The summed E-state index contributed by atoms with van der Waals surface area (Å²) in [5.74, 6) is -0.00220. The third kappa shape index (κ3) is 7.20. The third-order valence-electron chi connectivity index (χ3n) is 3.62. The predicted octanol–water partition coefficient (Wildman–Crippen LogP) is 4.33. The van der Waals surface area contributed by atoms with E-state index in [1.54, 1.807) is 0 Å². The molecule has 0 aliphatic carbocycles. The summed E-state index contributed by atoms with van der Waals surface area (Å²) < 4.78 is 11.1. The summed E-state index contributed by atoms with van der Waals surface area (Å²) in [4.78, 5) is 12.4. The van der Waals surface area contributed by atoms with Crippen LogP contribution in [0.1, 0.15) is 17.5 Å². The van der Waals surface area contributed by atoms with Crippen molar-refractivity contribution in [1.82, 2.24) is 0 Å². The summed E-state index contributed by atoms with van der Waals surface area (Å²) in [6, 6.07) is 15.7. The second-order valence-corrected chi connectivity index (χ2v) is 7.10. The van der Waals surface area contributed by atoms with Crippen molar-refractivity contribution < 1.29 is 19.4 Å². The van der Waals surface area contributed by atoms with E-state index in [-0.39, 0.29) is 0 Å². The molecule has 0 saturated heterocycles. The maximum absolute atomic E-state index is 11.4. The van der Waals surface area contributed by atoms with Gasteiger partial charge in [0.15, 0.2) is 0 Å². The van der Waals surface area contributed by atoms with Gasteiger partial charge < -0.3 is 14.6 Å². The molecule has 0 spiro atoms. The number of carboxylic acid groups (broad SMARTS) is 1. The minimum absolute atomic E-state index is 0.396. The SMILES string of the molecule is Cc1ccc(OCCOCCC(Sc2ccc(C)cc2)C(=O)O)cc1. The van der Waals surface area contributed by atoms with Crippen molar-refractivity contribution in [1.29, 1.82) is 0 Å². The van der Waals surface area contributed by atoms with E-state index in [0.29, 0.717) is 26.2 Å². The van der Waals surface area contributed by atoms with Gasteiger partial charge in [0.25, 0.3) is 0 Å². The Morgan fingerprint density at radius 1 is 0.960 bits per heavy atom. The monoisotopic (exact) mass is 360 g/mol. The van der Waals surface area contributed by atoms with Crippen LogP contribution < -0.4 is 4.74 Å². The zero-order valence-corrected chi connectivity index (χ0v) is 15.4. The van der Waals surface area contributed by atoms with Gasteiger partial charge in [0.2, 0.25) is 0 Å². The fourth-order valence-electron chi connectivity index (χ4n) is 2.16. The molecule has 2 aromatic rings. The van der Waals surface area contributed by atoms with Crippen LogP contribution in [0.5, 0.6) is 5.75 Å². The molecule has 1 unspecified atom stereocenters. The lowest BCUT2D eigenvalue weighted by molar-refractivity contribution is -0.136. The Bertz CT molecular complexity index is 652. The maximum Gasteiger partial charge on any atom is 0.317 e. The summed E-state index contributed by atoms with van der Waals surface area (Å²) in [5, 5.41) is 8.85. The Kier molecular flexibility index (Phi) is 7.82. The Hall–Kier alpha value is -1.98. The number of hydrogen-bond donors (Lipinski definition) is 1. The van der Waals surface area contributed by atoms with Gasteiger partial charge in [-0.25, -0.2) is 0 Å². The molecule has 25 heavy (non-hydrogen) atoms. The highest BCUT2D eigenvalue weighted by Crippen LogP contribution is 2.26. The molecular formula is C20H24O4S. The fourth-order valence-corrected chi connectivity index (χ4v) is 3.10. The number of rotatable bonds is 10. The quantitative estimate of drug-likeness (QED) is 0.505. The topological polar surface area (TPSA) is 55.8 Å². The normalized spacial score (nSPS) is 11.9. The van der Waals surface area contributed by atoms with Crippen molar-refractivity contribution in [2.45, 2.75) is 30.4 Å². The number of aryl methyl sites for hydroxylation is 2. The lowest BCUT2D eigenvalue weighted by Crippen LogP contribution is -2.19. The highest BCUT2D eigenvalue weighted by molar-refractivity contribution is 8.00. The molecule has 0 saturated carbocycles. The lowest BCUT2D eigenvalue weighted by Gasteiger charge is -2.13. The van der Waals surface area contributed by atoms with Crippen molar-refractivity contribution in [2.75, 3.05) is 19.8 Å². The Morgan fingerprint density at radius 2 is 1.56 bits per heavy atom. The van der Waals surface area contributed by atoms with Crippen molar-refractivity contribution in [3.63, 3.8) is 0 Å². The summed E-state index contributed by atoms with van der Waals surface area (Å²) in [7, 11) is 0. The summed E-state index contributed by atoms with van der Waals surface area (Å²) >= 11 is 1.36. The molecule has 134 valence electrons. The summed E-state index contributed by atoms with van der Waals surface area (Å²) in [6.07, 6.45) is 0.457. The van der Waals surface area contributed by atoms with E-state index in [1.165, 1.54) is 17.3 Å². The van der Waals surface area contributed by atoms with Crippen LogP contribution in [0.2, 0.25) is 0 Å². The van der Waals surface area contributed by atoms with Crippen LogP contribution in [-0.4, -0.2) is 36.1 Å². The van der Waals surface area contributed by atoms with Crippen molar-refractivity contribution in [3.8, 4) is 5.75 Å². The Labute approximate surface area is 153 Å². The Morgan fingerprint density at radius 3 is 2.16 bits per heavy atom. The number of carboxylic acids is 1. The lowest BCUT2D eigenvalue weighted by atomic mass is 10.2. The number of aliphatic carboxylic acids is 1. The van der Waals surface area contributed by atoms with Crippen molar-refractivity contribution in [2.24, 2.45) is 0 Å². The molecule has 1 atom stereocenters. The fraction of sp³-hybridized carbons (Fsp3) is 0.350. The Balaban J connectivity index is 1.66. The maximum atomic E-state index is 11.4. The van der Waals surface area contributed by atoms with Crippen LogP contribution in [0, 0.1) is 13.8 Å². The van der Waals surface area contributed by atoms with Crippen molar-refractivity contribution >= 4 is 17.7 Å². The summed E-state index contributed by atoms with van der Waals surface area (Å²) in [5.41, 5.74) is 2.35. The first-order chi connectivity index (χ1) is 12.0. The smallest absolute Gasteiger partial charge is 0.317 e. The molecule has 5 heteroatoms. The zero-order chi connectivity index (χ0) is 18.1. The summed E-state index contributed by atoms with van der Waals surface area (Å²) in [6.45, 7) is 5.32. The van der Waals surface area contributed by atoms with Gasteiger partial charge in [-0.05, 0) is 44.5 Å². The third-order valence-corrected chi connectivity index (χ3v) is 4.88. The second-order valence-electron chi connectivity index (χ2n) is 5.82. The number of hydrogen-bond acceptors (Lipinski definition) is 4. The van der Waals surface area contributed by atoms with Gasteiger partial charge in [-0.15, -0.1) is 11.8 Å². The van der Waals surface area contributed by atoms with Crippen molar-refractivity contribution in [3.05, 3.63) is 59.7 Å². The van der Waals surface area contributed by atoms with Gasteiger partial charge in [0, 0.05) is 11.5 Å². The van der Waals surface area contributed by atoms with Gasteiger partial charge in [-0.1, -0.05) is 35.4 Å². The first-order valence-electron chi connectivity index (χ1n) is 8.28. The van der Waals surface area contributed by atoms with Gasteiger partial charge >= 0.3 is 5.97 Å². The van der Waals surface area contributed by atoms with Crippen LogP contribution in [0.25, 0.3) is 0 Å². The molecule has 1 N–H and O–H groups in total. The van der Waals surface area contributed by atoms with Crippen LogP contribution in [0.3, 0.4) is 0 Å². The molecule has 0 bridgehead atoms. The molecular weight excluding hydrogens is 336 g/mol. The van der Waals surface area contributed by atoms with Crippen LogP contribution >= 0.6 is 11.8 Å².